The highest BCUT2D eigenvalue weighted by Crippen LogP contribution is 2.32. The van der Waals surface area contributed by atoms with Gasteiger partial charge in [0.25, 0.3) is 5.91 Å². The van der Waals surface area contributed by atoms with Crippen LogP contribution in [0.1, 0.15) is 27.3 Å². The number of carbonyl (C=O) groups excluding carboxylic acids is 1. The van der Waals surface area contributed by atoms with Crippen LogP contribution in [-0.2, 0) is 12.7 Å². The van der Waals surface area contributed by atoms with Crippen molar-refractivity contribution < 1.29 is 31.1 Å². The van der Waals surface area contributed by atoms with Crippen molar-refractivity contribution in [2.75, 3.05) is 5.32 Å². The van der Waals surface area contributed by atoms with Crippen molar-refractivity contribution in [1.82, 2.24) is 14.8 Å². The third-order valence-corrected chi connectivity index (χ3v) is 4.98. The smallest absolute Gasteiger partial charge is 0.319 e. The normalized spacial score (nSPS) is 11.7. The van der Waals surface area contributed by atoms with E-state index in [2.05, 4.69) is 15.4 Å². The van der Waals surface area contributed by atoms with Crippen molar-refractivity contribution in [1.29, 1.82) is 0 Å². The fraction of sp³-hybridized carbons (Fsp3) is 0.136. The minimum Gasteiger partial charge on any atom is -0.319 e. The molecule has 4 rings (SSSR count). The SMILES string of the molecule is Cc1c(NC(=O)c2cc(C(F)(F)F)nc3cc(F)c(F)cc23)cnn1Cc1ccc(F)cc1. The van der Waals surface area contributed by atoms with Crippen molar-refractivity contribution in [2.24, 2.45) is 0 Å². The lowest BCUT2D eigenvalue weighted by Crippen LogP contribution is -2.17. The Morgan fingerprint density at radius 2 is 1.70 bits per heavy atom. The van der Waals surface area contributed by atoms with Gasteiger partial charge in [-0.15, -0.1) is 0 Å². The predicted molar refractivity (Wildman–Crippen MR) is 107 cm³/mol. The van der Waals surface area contributed by atoms with Gasteiger partial charge < -0.3 is 5.32 Å². The van der Waals surface area contributed by atoms with Crippen LogP contribution < -0.4 is 5.32 Å². The van der Waals surface area contributed by atoms with E-state index in [9.17, 15) is 31.1 Å². The number of carbonyl (C=O) groups is 1. The molecule has 4 aromatic rings. The summed E-state index contributed by atoms with van der Waals surface area (Å²) in [6.45, 7) is 1.87. The molecular formula is C22H14F6N4O. The third kappa shape index (κ3) is 4.52. The average Bonchev–Trinajstić information content (AvgIpc) is 3.08. The molecule has 0 saturated heterocycles. The fourth-order valence-corrected chi connectivity index (χ4v) is 3.24. The topological polar surface area (TPSA) is 59.8 Å². The number of nitrogens with zero attached hydrogens (tertiary/aromatic N) is 3. The van der Waals surface area contributed by atoms with Crippen LogP contribution in [0.15, 0.2) is 48.7 Å². The minimum atomic E-state index is -4.91. The van der Waals surface area contributed by atoms with Crippen LogP contribution >= 0.6 is 0 Å². The maximum absolute atomic E-state index is 13.8. The molecule has 170 valence electrons. The van der Waals surface area contributed by atoms with Gasteiger partial charge >= 0.3 is 6.18 Å². The van der Waals surface area contributed by atoms with E-state index in [1.165, 1.54) is 23.0 Å². The van der Waals surface area contributed by atoms with Gasteiger partial charge in [-0.3, -0.25) is 9.48 Å². The maximum atomic E-state index is 13.8. The minimum absolute atomic E-state index is 0.197. The molecule has 0 aliphatic carbocycles. The van der Waals surface area contributed by atoms with Crippen LogP contribution in [0.4, 0.5) is 32.0 Å². The number of amides is 1. The number of rotatable bonds is 4. The van der Waals surface area contributed by atoms with Gasteiger partial charge in [0.1, 0.15) is 11.5 Å². The highest BCUT2D eigenvalue weighted by molar-refractivity contribution is 6.12. The third-order valence-electron chi connectivity index (χ3n) is 4.98. The highest BCUT2D eigenvalue weighted by atomic mass is 19.4. The lowest BCUT2D eigenvalue weighted by atomic mass is 10.1. The Kier molecular flexibility index (Phi) is 5.56. The molecule has 1 amide bonds. The number of benzene rings is 2. The summed E-state index contributed by atoms with van der Waals surface area (Å²) in [4.78, 5) is 16.2. The molecule has 0 aliphatic rings. The van der Waals surface area contributed by atoms with Crippen molar-refractivity contribution in [3.05, 3.63) is 88.6 Å². The molecule has 0 fully saturated rings. The molecule has 0 radical (unpaired) electrons. The van der Waals surface area contributed by atoms with E-state index in [0.29, 0.717) is 23.9 Å². The van der Waals surface area contributed by atoms with Gasteiger partial charge in [0.2, 0.25) is 0 Å². The molecule has 0 saturated carbocycles. The highest BCUT2D eigenvalue weighted by Gasteiger charge is 2.34. The van der Waals surface area contributed by atoms with Crippen LogP contribution in [-0.4, -0.2) is 20.7 Å². The molecule has 1 N–H and O–H groups in total. The molecule has 0 spiro atoms. The Morgan fingerprint density at radius 1 is 1.03 bits per heavy atom. The summed E-state index contributed by atoms with van der Waals surface area (Å²) < 4.78 is 81.7. The van der Waals surface area contributed by atoms with Crippen LogP contribution in [0.25, 0.3) is 10.9 Å². The van der Waals surface area contributed by atoms with E-state index >= 15 is 0 Å². The molecule has 0 aliphatic heterocycles. The maximum Gasteiger partial charge on any atom is 0.433 e. The number of anilines is 1. The van der Waals surface area contributed by atoms with Gasteiger partial charge in [0.05, 0.1) is 35.2 Å². The first-order valence-electron chi connectivity index (χ1n) is 9.48. The summed E-state index contributed by atoms with van der Waals surface area (Å²) in [5, 5.41) is 6.30. The number of nitrogens with one attached hydrogen (secondary N) is 1. The van der Waals surface area contributed by atoms with Crippen LogP contribution in [0.3, 0.4) is 0 Å². The lowest BCUT2D eigenvalue weighted by Gasteiger charge is -2.12. The Balaban J connectivity index is 1.68. The van der Waals surface area contributed by atoms with E-state index in [1.54, 1.807) is 19.1 Å². The van der Waals surface area contributed by atoms with Crippen molar-refractivity contribution in [3.63, 3.8) is 0 Å². The molecule has 0 bridgehead atoms. The largest absolute Gasteiger partial charge is 0.433 e. The molecule has 2 heterocycles. The molecule has 2 aromatic carbocycles. The predicted octanol–water partition coefficient (Wildman–Crippen LogP) is 5.48. The summed E-state index contributed by atoms with van der Waals surface area (Å²) in [6, 6.07) is 7.29. The number of hydrogen-bond donors (Lipinski definition) is 1. The standard InChI is InChI=1S/C22H14F6N4O/c1-11-19(9-29-32(11)10-12-2-4-13(23)5-3-12)31-21(33)15-7-20(22(26,27)28)30-18-8-17(25)16(24)6-14(15)18/h2-9H,10H2,1H3,(H,31,33). The van der Waals surface area contributed by atoms with Crippen molar-refractivity contribution in [2.45, 2.75) is 19.6 Å². The number of halogens is 6. The fourth-order valence-electron chi connectivity index (χ4n) is 3.24. The zero-order valence-corrected chi connectivity index (χ0v) is 16.8. The van der Waals surface area contributed by atoms with Gasteiger partial charge in [0.15, 0.2) is 11.6 Å². The Hall–Kier alpha value is -3.89. The summed E-state index contributed by atoms with van der Waals surface area (Å²) in [5.41, 5.74) is -1.07. The zero-order valence-electron chi connectivity index (χ0n) is 16.8. The number of hydrogen-bond acceptors (Lipinski definition) is 3. The summed E-state index contributed by atoms with van der Waals surface area (Å²) in [6.07, 6.45) is -3.62. The summed E-state index contributed by atoms with van der Waals surface area (Å²) in [5.74, 6) is -4.11. The second kappa shape index (κ2) is 8.23. The molecule has 0 atom stereocenters. The number of fused-ring (bicyclic) bond motifs is 1. The quantitative estimate of drug-likeness (QED) is 0.407. The van der Waals surface area contributed by atoms with Crippen LogP contribution in [0.5, 0.6) is 0 Å². The van der Waals surface area contributed by atoms with Gasteiger partial charge in [-0.1, -0.05) is 12.1 Å². The van der Waals surface area contributed by atoms with Gasteiger partial charge in [0, 0.05) is 11.5 Å². The molecule has 11 heteroatoms. The molecule has 5 nitrogen and oxygen atoms in total. The van der Waals surface area contributed by atoms with Gasteiger partial charge in [-0.2, -0.15) is 18.3 Å². The first kappa shape index (κ1) is 22.3. The van der Waals surface area contributed by atoms with Crippen molar-refractivity contribution in [3.8, 4) is 0 Å². The van der Waals surface area contributed by atoms with Crippen molar-refractivity contribution >= 4 is 22.5 Å². The van der Waals surface area contributed by atoms with E-state index in [0.717, 1.165) is 5.56 Å². The summed E-state index contributed by atoms with van der Waals surface area (Å²) >= 11 is 0. The zero-order chi connectivity index (χ0) is 23.9. The van der Waals surface area contributed by atoms with E-state index < -0.39 is 46.3 Å². The van der Waals surface area contributed by atoms with Gasteiger partial charge in [-0.05, 0) is 36.8 Å². The number of aromatic nitrogens is 3. The van der Waals surface area contributed by atoms with Crippen LogP contribution in [0.2, 0.25) is 0 Å². The molecule has 33 heavy (non-hydrogen) atoms. The average molecular weight is 464 g/mol. The summed E-state index contributed by atoms with van der Waals surface area (Å²) in [7, 11) is 0. The first-order valence-corrected chi connectivity index (χ1v) is 9.48. The number of alkyl halides is 3. The molecule has 2 aromatic heterocycles. The first-order chi connectivity index (χ1) is 15.5. The Morgan fingerprint density at radius 3 is 2.36 bits per heavy atom. The van der Waals surface area contributed by atoms with E-state index in [-0.39, 0.29) is 17.6 Å². The molecule has 0 unspecified atom stereocenters. The Labute approximate surface area is 182 Å². The number of pyridine rings is 1. The van der Waals surface area contributed by atoms with Crippen LogP contribution in [0, 0.1) is 24.4 Å². The van der Waals surface area contributed by atoms with Gasteiger partial charge in [-0.25, -0.2) is 18.2 Å². The lowest BCUT2D eigenvalue weighted by molar-refractivity contribution is -0.140. The second-order valence-electron chi connectivity index (χ2n) is 7.22. The monoisotopic (exact) mass is 464 g/mol. The van der Waals surface area contributed by atoms with E-state index in [4.69, 9.17) is 0 Å². The molecular weight excluding hydrogens is 450 g/mol. The van der Waals surface area contributed by atoms with E-state index in [1.807, 2.05) is 0 Å². The Bertz CT molecular complexity index is 1360. The second-order valence-corrected chi connectivity index (χ2v) is 7.22.